The van der Waals surface area contributed by atoms with Gasteiger partial charge in [-0.25, -0.2) is 13.8 Å². The van der Waals surface area contributed by atoms with Crippen LogP contribution in [-0.4, -0.2) is 27.6 Å². The van der Waals surface area contributed by atoms with Crippen LogP contribution in [0.4, 0.5) is 5.69 Å². The number of ether oxygens (including phenoxy) is 1. The number of benzene rings is 3. The summed E-state index contributed by atoms with van der Waals surface area (Å²) in [6.07, 6.45) is 1.49. The van der Waals surface area contributed by atoms with Gasteiger partial charge in [-0.15, -0.1) is 0 Å². The Labute approximate surface area is 169 Å². The minimum Gasteiger partial charge on any atom is -0.496 e. The second-order valence-electron chi connectivity index (χ2n) is 5.94. The van der Waals surface area contributed by atoms with E-state index in [1.165, 1.54) is 42.6 Å². The number of hydrazone groups is 1. The predicted octanol–water partition coefficient (Wildman–Crippen LogP) is 3.26. The molecule has 7 nitrogen and oxygen atoms in total. The minimum absolute atomic E-state index is 0.160. The van der Waals surface area contributed by atoms with E-state index in [4.69, 9.17) is 4.74 Å². The number of para-hydroxylation sites is 1. The molecule has 3 aromatic rings. The summed E-state index contributed by atoms with van der Waals surface area (Å²) < 4.78 is 32.3. The summed E-state index contributed by atoms with van der Waals surface area (Å²) in [4.78, 5) is 12.4. The highest BCUT2D eigenvalue weighted by atomic mass is 32.2. The highest BCUT2D eigenvalue weighted by Gasteiger charge is 2.13. The quantitative estimate of drug-likeness (QED) is 0.462. The highest BCUT2D eigenvalue weighted by Crippen LogP contribution is 2.17. The van der Waals surface area contributed by atoms with E-state index in [-0.39, 0.29) is 4.90 Å². The average molecular weight is 409 g/mol. The van der Waals surface area contributed by atoms with Crippen molar-refractivity contribution in [2.75, 3.05) is 11.8 Å². The Balaban J connectivity index is 1.64. The SMILES string of the molecule is COc1ccccc1C=NNC(=O)c1ccc(NS(=O)(=O)c2ccccc2)cc1. The van der Waals surface area contributed by atoms with E-state index in [0.29, 0.717) is 17.0 Å². The number of rotatable bonds is 7. The first-order valence-corrected chi connectivity index (χ1v) is 10.1. The van der Waals surface area contributed by atoms with Crippen molar-refractivity contribution < 1.29 is 17.9 Å². The predicted molar refractivity (Wildman–Crippen MR) is 112 cm³/mol. The third-order valence-electron chi connectivity index (χ3n) is 3.96. The fourth-order valence-corrected chi connectivity index (χ4v) is 3.58. The largest absolute Gasteiger partial charge is 0.496 e. The van der Waals surface area contributed by atoms with Crippen molar-refractivity contribution in [3.05, 3.63) is 90.0 Å². The molecule has 0 spiro atoms. The van der Waals surface area contributed by atoms with Crippen LogP contribution in [0.15, 0.2) is 88.9 Å². The van der Waals surface area contributed by atoms with Crippen molar-refractivity contribution in [2.45, 2.75) is 4.90 Å². The molecule has 0 heterocycles. The number of anilines is 1. The Hall–Kier alpha value is -3.65. The zero-order valence-electron chi connectivity index (χ0n) is 15.6. The zero-order valence-corrected chi connectivity index (χ0v) is 16.4. The molecular formula is C21H19N3O4S. The van der Waals surface area contributed by atoms with Crippen LogP contribution in [0.3, 0.4) is 0 Å². The Morgan fingerprint density at radius 3 is 2.28 bits per heavy atom. The van der Waals surface area contributed by atoms with Crippen molar-refractivity contribution in [3.8, 4) is 5.75 Å². The molecule has 2 N–H and O–H groups in total. The van der Waals surface area contributed by atoms with Crippen LogP contribution in [0.1, 0.15) is 15.9 Å². The van der Waals surface area contributed by atoms with Gasteiger partial charge in [0.15, 0.2) is 0 Å². The van der Waals surface area contributed by atoms with Gasteiger partial charge in [-0.05, 0) is 48.5 Å². The third kappa shape index (κ3) is 5.20. The summed E-state index contributed by atoms with van der Waals surface area (Å²) in [6.45, 7) is 0. The maximum absolute atomic E-state index is 12.3. The maximum atomic E-state index is 12.3. The topological polar surface area (TPSA) is 96.9 Å². The molecule has 0 bridgehead atoms. The zero-order chi connectivity index (χ0) is 20.7. The number of sulfonamides is 1. The Morgan fingerprint density at radius 2 is 1.59 bits per heavy atom. The summed E-state index contributed by atoms with van der Waals surface area (Å²) >= 11 is 0. The van der Waals surface area contributed by atoms with Crippen LogP contribution in [0.5, 0.6) is 5.75 Å². The number of methoxy groups -OCH3 is 1. The number of hydrogen-bond donors (Lipinski definition) is 2. The summed E-state index contributed by atoms with van der Waals surface area (Å²) in [5.74, 6) is 0.217. The molecule has 0 fully saturated rings. The van der Waals surface area contributed by atoms with E-state index >= 15 is 0 Å². The molecule has 0 atom stereocenters. The fraction of sp³-hybridized carbons (Fsp3) is 0.0476. The number of nitrogens with zero attached hydrogens (tertiary/aromatic N) is 1. The Kier molecular flexibility index (Phi) is 6.25. The van der Waals surface area contributed by atoms with Crippen molar-refractivity contribution in [2.24, 2.45) is 5.10 Å². The lowest BCUT2D eigenvalue weighted by Gasteiger charge is -2.08. The second-order valence-corrected chi connectivity index (χ2v) is 7.62. The molecule has 0 aromatic heterocycles. The minimum atomic E-state index is -3.68. The molecule has 0 unspecified atom stereocenters. The molecule has 0 radical (unpaired) electrons. The van der Waals surface area contributed by atoms with Gasteiger partial charge in [-0.3, -0.25) is 9.52 Å². The lowest BCUT2D eigenvalue weighted by Crippen LogP contribution is -2.18. The molecule has 29 heavy (non-hydrogen) atoms. The van der Waals surface area contributed by atoms with Gasteiger partial charge in [0.25, 0.3) is 15.9 Å². The summed E-state index contributed by atoms with van der Waals surface area (Å²) in [7, 11) is -2.13. The first kappa shape index (κ1) is 20.1. The van der Waals surface area contributed by atoms with Crippen molar-refractivity contribution in [1.82, 2.24) is 5.43 Å². The van der Waals surface area contributed by atoms with Crippen LogP contribution < -0.4 is 14.9 Å². The lowest BCUT2D eigenvalue weighted by molar-refractivity contribution is 0.0955. The van der Waals surface area contributed by atoms with E-state index < -0.39 is 15.9 Å². The smallest absolute Gasteiger partial charge is 0.271 e. The summed E-state index contributed by atoms with van der Waals surface area (Å²) in [6, 6.07) is 21.4. The lowest BCUT2D eigenvalue weighted by atomic mass is 10.2. The fourth-order valence-electron chi connectivity index (χ4n) is 2.50. The normalized spacial score (nSPS) is 11.2. The molecule has 8 heteroatoms. The average Bonchev–Trinajstić information content (AvgIpc) is 2.75. The van der Waals surface area contributed by atoms with Gasteiger partial charge in [0.2, 0.25) is 0 Å². The summed E-state index contributed by atoms with van der Waals surface area (Å²) in [5, 5.41) is 3.93. The molecule has 0 saturated heterocycles. The number of nitrogens with one attached hydrogen (secondary N) is 2. The van der Waals surface area contributed by atoms with Crippen LogP contribution in [0.2, 0.25) is 0 Å². The van der Waals surface area contributed by atoms with E-state index in [2.05, 4.69) is 15.2 Å². The van der Waals surface area contributed by atoms with Crippen molar-refractivity contribution in [3.63, 3.8) is 0 Å². The molecule has 0 aliphatic rings. The van der Waals surface area contributed by atoms with Gasteiger partial charge < -0.3 is 4.74 Å². The Morgan fingerprint density at radius 1 is 0.931 bits per heavy atom. The Bertz CT molecular complexity index is 1110. The van der Waals surface area contributed by atoms with Gasteiger partial charge in [0.1, 0.15) is 5.75 Å². The van der Waals surface area contributed by atoms with Gasteiger partial charge in [0.05, 0.1) is 18.2 Å². The highest BCUT2D eigenvalue weighted by molar-refractivity contribution is 7.92. The monoisotopic (exact) mass is 409 g/mol. The maximum Gasteiger partial charge on any atom is 0.271 e. The number of amides is 1. The first-order chi connectivity index (χ1) is 14.0. The molecule has 0 aliphatic carbocycles. The first-order valence-electron chi connectivity index (χ1n) is 8.64. The third-order valence-corrected chi connectivity index (χ3v) is 5.36. The molecule has 1 amide bonds. The van der Waals surface area contributed by atoms with Crippen LogP contribution >= 0.6 is 0 Å². The van der Waals surface area contributed by atoms with Gasteiger partial charge in [-0.1, -0.05) is 30.3 Å². The molecule has 0 aliphatic heterocycles. The number of carbonyl (C=O) groups excluding carboxylic acids is 1. The molecule has 3 aromatic carbocycles. The second kappa shape index (κ2) is 9.03. The summed E-state index contributed by atoms with van der Waals surface area (Å²) in [5.41, 5.74) is 3.84. The van der Waals surface area contributed by atoms with E-state index in [9.17, 15) is 13.2 Å². The number of hydrogen-bond acceptors (Lipinski definition) is 5. The standard InChI is InChI=1S/C21H19N3O4S/c1-28-20-10-6-5-7-17(20)15-22-23-21(25)16-11-13-18(14-12-16)24-29(26,27)19-8-3-2-4-9-19/h2-15,24H,1H3,(H,23,25). The van der Waals surface area contributed by atoms with Crippen molar-refractivity contribution in [1.29, 1.82) is 0 Å². The van der Waals surface area contributed by atoms with Gasteiger partial charge in [-0.2, -0.15) is 5.10 Å². The van der Waals surface area contributed by atoms with Gasteiger partial charge in [0, 0.05) is 16.8 Å². The molecule has 148 valence electrons. The van der Waals surface area contributed by atoms with Crippen LogP contribution in [0, 0.1) is 0 Å². The van der Waals surface area contributed by atoms with E-state index in [1.807, 2.05) is 18.2 Å². The van der Waals surface area contributed by atoms with E-state index in [1.54, 1.807) is 31.4 Å². The van der Waals surface area contributed by atoms with Crippen LogP contribution in [0.25, 0.3) is 0 Å². The molecular weight excluding hydrogens is 390 g/mol. The van der Waals surface area contributed by atoms with Gasteiger partial charge >= 0.3 is 0 Å². The molecule has 0 saturated carbocycles. The number of carbonyl (C=O) groups is 1. The van der Waals surface area contributed by atoms with Crippen molar-refractivity contribution >= 4 is 27.8 Å². The van der Waals surface area contributed by atoms with E-state index in [0.717, 1.165) is 5.56 Å². The van der Waals surface area contributed by atoms with Crippen LogP contribution in [-0.2, 0) is 10.0 Å². The molecule has 3 rings (SSSR count).